The number of aryl methyl sites for hydroxylation is 2. The van der Waals surface area contributed by atoms with E-state index in [9.17, 15) is 0 Å². The lowest BCUT2D eigenvalue weighted by molar-refractivity contribution is 0.427. The van der Waals surface area contributed by atoms with Crippen LogP contribution in [0.4, 0.5) is 0 Å². The molecule has 0 saturated carbocycles. The lowest BCUT2D eigenvalue weighted by Crippen LogP contribution is -2.32. The van der Waals surface area contributed by atoms with Gasteiger partial charge in [-0.3, -0.25) is 0 Å². The Bertz CT molecular complexity index is 1600. The lowest BCUT2D eigenvalue weighted by atomic mass is 9.89. The Morgan fingerprint density at radius 2 is 1.10 bits per heavy atom. The van der Waals surface area contributed by atoms with Gasteiger partial charge < -0.3 is 15.2 Å². The number of phenolic OH excluding ortho intramolecular Hbond substituents is 1. The maximum absolute atomic E-state index is 9.06. The summed E-state index contributed by atoms with van der Waals surface area (Å²) in [6, 6.07) is 24.0. The van der Waals surface area contributed by atoms with Gasteiger partial charge in [-0.2, -0.15) is 0 Å². The molecule has 216 valence electrons. The predicted molar refractivity (Wildman–Crippen MR) is 190 cm³/mol. The van der Waals surface area contributed by atoms with Crippen LogP contribution in [0.5, 0.6) is 5.75 Å². The average molecular weight is 621 g/mol. The van der Waals surface area contributed by atoms with Crippen LogP contribution >= 0.6 is 34.0 Å². The number of phenols is 1. The predicted octanol–water partition coefficient (Wildman–Crippen LogP) is 9.83. The Balaban J connectivity index is 0.000000153. The van der Waals surface area contributed by atoms with Crippen LogP contribution in [0.25, 0.3) is 30.3 Å². The highest BCUT2D eigenvalue weighted by atomic mass is 32.1. The lowest BCUT2D eigenvalue weighted by Gasteiger charge is -2.32. The first-order valence-corrected chi connectivity index (χ1v) is 19.7. The Labute approximate surface area is 257 Å². The number of rotatable bonds is 1. The Hall–Kier alpha value is -2.46. The Kier molecular flexibility index (Phi) is 11.4. The normalized spacial score (nSPS) is 11.3. The third-order valence-corrected chi connectivity index (χ3v) is 14.6. The number of aromatic hydroxyl groups is 1. The van der Waals surface area contributed by atoms with Crippen molar-refractivity contribution in [2.24, 2.45) is 0 Å². The summed E-state index contributed by atoms with van der Waals surface area (Å²) in [7, 11) is -2.21. The first-order chi connectivity index (χ1) is 19.1. The number of fused-ring (bicyclic) bond motifs is 3. The Morgan fingerprint density at radius 3 is 1.61 bits per heavy atom. The molecule has 41 heavy (non-hydrogen) atoms. The fourth-order valence-electron chi connectivity index (χ4n) is 3.29. The van der Waals surface area contributed by atoms with Crippen molar-refractivity contribution in [2.45, 2.75) is 59.3 Å². The third kappa shape index (κ3) is 9.81. The van der Waals surface area contributed by atoms with Crippen molar-refractivity contribution >= 4 is 84.2 Å². The van der Waals surface area contributed by atoms with E-state index >= 15 is 0 Å². The van der Waals surface area contributed by atoms with Crippen LogP contribution in [-0.2, 0) is 0 Å². The van der Waals surface area contributed by atoms with Gasteiger partial charge in [-0.15, -0.1) is 34.0 Å². The van der Waals surface area contributed by atoms with Crippen LogP contribution in [0.15, 0.2) is 83.6 Å². The van der Waals surface area contributed by atoms with Crippen LogP contribution in [0, 0.1) is 13.8 Å². The van der Waals surface area contributed by atoms with Crippen molar-refractivity contribution in [1.82, 2.24) is 0 Å². The van der Waals surface area contributed by atoms with Crippen LogP contribution in [-0.4, -0.2) is 30.3 Å². The Morgan fingerprint density at radius 1 is 0.634 bits per heavy atom. The van der Waals surface area contributed by atoms with E-state index in [1.807, 2.05) is 48.7 Å². The second-order valence-corrected chi connectivity index (χ2v) is 21.2. The summed E-state index contributed by atoms with van der Waals surface area (Å²) >= 11 is 4.86. The SMILES string of the molecule is CC(C)(C)[Si](C)(C)C.Cc1ccc2cc(B(O)O)sc2c1.Cc1ccc2ccsc2c1.Oc1ccc2ccsc2c1. The maximum atomic E-state index is 9.06. The molecule has 8 heteroatoms. The van der Waals surface area contributed by atoms with E-state index < -0.39 is 15.2 Å². The van der Waals surface area contributed by atoms with Gasteiger partial charge in [-0.25, -0.2) is 0 Å². The first kappa shape index (κ1) is 33.0. The second kappa shape index (κ2) is 14.1. The van der Waals surface area contributed by atoms with Crippen molar-refractivity contribution < 1.29 is 15.2 Å². The number of hydrogen-bond donors (Lipinski definition) is 3. The molecule has 6 aromatic rings. The van der Waals surface area contributed by atoms with Crippen molar-refractivity contribution in [2.75, 3.05) is 0 Å². The van der Waals surface area contributed by atoms with E-state index in [1.54, 1.807) is 34.8 Å². The highest BCUT2D eigenvalue weighted by Crippen LogP contribution is 2.35. The van der Waals surface area contributed by atoms with Crippen LogP contribution in [0.2, 0.25) is 24.7 Å². The smallest absolute Gasteiger partial charge is 0.499 e. The summed E-state index contributed by atoms with van der Waals surface area (Å²) in [5.41, 5.74) is 2.53. The van der Waals surface area contributed by atoms with E-state index in [1.165, 1.54) is 37.9 Å². The summed E-state index contributed by atoms with van der Waals surface area (Å²) in [6.45, 7) is 18.4. The molecule has 3 aromatic carbocycles. The highest BCUT2D eigenvalue weighted by molar-refractivity contribution is 7.27. The molecular formula is C33H41BO3S3Si. The standard InChI is InChI=1S/C9H9BO2S.C9H8S.C8H6OS.C7H18Si/c1-6-2-3-7-5-9(10(11)12)13-8(7)4-6;1-7-2-3-8-4-5-10-9(8)6-7;9-7-2-1-6-3-4-10-8(6)5-7;1-7(2,3)8(4,5)6/h2-5,11-12H,1H3;2-6H,1H3;1-5,9H;1-6H3. The molecule has 3 N–H and O–H groups in total. The van der Waals surface area contributed by atoms with Crippen molar-refractivity contribution in [3.63, 3.8) is 0 Å². The molecule has 0 spiro atoms. The molecule has 0 unspecified atom stereocenters. The molecule has 0 radical (unpaired) electrons. The van der Waals surface area contributed by atoms with E-state index in [2.05, 4.69) is 77.0 Å². The molecule has 0 aliphatic heterocycles. The maximum Gasteiger partial charge on any atom is 0.499 e. The fourth-order valence-corrected chi connectivity index (χ4v) is 6.04. The van der Waals surface area contributed by atoms with Gasteiger partial charge in [0, 0.05) is 27.0 Å². The van der Waals surface area contributed by atoms with Gasteiger partial charge in [-0.05, 0) is 105 Å². The summed E-state index contributed by atoms with van der Waals surface area (Å²) < 4.78 is 4.23. The summed E-state index contributed by atoms with van der Waals surface area (Å²) in [4.78, 5) is 0. The minimum Gasteiger partial charge on any atom is -0.508 e. The van der Waals surface area contributed by atoms with Gasteiger partial charge in [0.15, 0.2) is 0 Å². The van der Waals surface area contributed by atoms with Crippen molar-refractivity contribution in [3.8, 4) is 5.75 Å². The molecule has 0 bridgehead atoms. The van der Waals surface area contributed by atoms with Crippen LogP contribution in [0.3, 0.4) is 0 Å². The number of hydrogen-bond acceptors (Lipinski definition) is 6. The van der Waals surface area contributed by atoms with E-state index in [0.717, 1.165) is 14.8 Å². The molecule has 0 atom stereocenters. The van der Waals surface area contributed by atoms with Gasteiger partial charge in [0.05, 0.1) is 0 Å². The molecule has 3 heterocycles. The molecule has 0 amide bonds. The largest absolute Gasteiger partial charge is 0.508 e. The minimum atomic E-state index is -1.35. The van der Waals surface area contributed by atoms with Gasteiger partial charge in [-0.1, -0.05) is 64.7 Å². The van der Waals surface area contributed by atoms with E-state index in [0.29, 0.717) is 15.6 Å². The zero-order valence-corrected chi connectivity index (χ0v) is 28.7. The topological polar surface area (TPSA) is 60.7 Å². The molecule has 3 nitrogen and oxygen atoms in total. The summed E-state index contributed by atoms with van der Waals surface area (Å²) in [5, 5.41) is 35.3. The quantitative estimate of drug-likeness (QED) is 0.160. The van der Waals surface area contributed by atoms with Crippen LogP contribution in [0.1, 0.15) is 31.9 Å². The fraction of sp³-hybridized carbons (Fsp3) is 0.273. The molecule has 6 rings (SSSR count). The average Bonchev–Trinajstić information content (AvgIpc) is 3.62. The number of thiophene rings is 3. The van der Waals surface area contributed by atoms with Crippen molar-refractivity contribution in [3.05, 3.63) is 94.7 Å². The zero-order chi connectivity index (χ0) is 30.4. The third-order valence-electron chi connectivity index (χ3n) is 7.25. The van der Waals surface area contributed by atoms with Gasteiger partial charge in [0.1, 0.15) is 5.75 Å². The summed E-state index contributed by atoms with van der Waals surface area (Å²) in [5.74, 6) is 0.343. The monoisotopic (exact) mass is 620 g/mol. The van der Waals surface area contributed by atoms with Gasteiger partial charge in [0.25, 0.3) is 0 Å². The van der Waals surface area contributed by atoms with Gasteiger partial charge >= 0.3 is 7.12 Å². The molecule has 3 aromatic heterocycles. The zero-order valence-electron chi connectivity index (χ0n) is 25.2. The molecule has 0 saturated heterocycles. The van der Waals surface area contributed by atoms with E-state index in [-0.39, 0.29) is 0 Å². The second-order valence-electron chi connectivity index (χ2n) is 12.2. The molecule has 0 aliphatic rings. The molecule has 0 aliphatic carbocycles. The first-order valence-electron chi connectivity index (χ1n) is 13.6. The number of benzene rings is 3. The van der Waals surface area contributed by atoms with Gasteiger partial charge in [0.2, 0.25) is 0 Å². The molecule has 0 fully saturated rings. The van der Waals surface area contributed by atoms with Crippen molar-refractivity contribution in [1.29, 1.82) is 0 Å². The summed E-state index contributed by atoms with van der Waals surface area (Å²) in [6.07, 6.45) is 0. The molecular weight excluding hydrogens is 579 g/mol. The van der Waals surface area contributed by atoms with E-state index in [4.69, 9.17) is 15.2 Å². The highest BCUT2D eigenvalue weighted by Gasteiger charge is 2.29. The minimum absolute atomic E-state index is 0.343. The van der Waals surface area contributed by atoms with Crippen LogP contribution < -0.4 is 4.78 Å².